The molecule has 0 amide bonds. The van der Waals surface area contributed by atoms with Crippen molar-refractivity contribution in [3.63, 3.8) is 0 Å². The summed E-state index contributed by atoms with van der Waals surface area (Å²) in [5.41, 5.74) is 1.15. The molecule has 1 aliphatic rings. The first-order chi connectivity index (χ1) is 9.03. The average Bonchev–Trinajstić information content (AvgIpc) is 3.05. The minimum atomic E-state index is -3.34. The highest BCUT2D eigenvalue weighted by Gasteiger charge is 2.36. The van der Waals surface area contributed by atoms with Crippen LogP contribution in [0.25, 0.3) is 0 Å². The van der Waals surface area contributed by atoms with Crippen molar-refractivity contribution in [2.75, 3.05) is 13.1 Å². The van der Waals surface area contributed by atoms with Gasteiger partial charge in [-0.1, -0.05) is 26.0 Å². The smallest absolute Gasteiger partial charge is 0.240 e. The van der Waals surface area contributed by atoms with Crippen molar-refractivity contribution >= 4 is 10.0 Å². The Morgan fingerprint density at radius 2 is 1.89 bits per heavy atom. The van der Waals surface area contributed by atoms with Crippen LogP contribution < -0.4 is 10.0 Å². The zero-order chi connectivity index (χ0) is 13.9. The third kappa shape index (κ3) is 4.03. The molecule has 0 spiro atoms. The van der Waals surface area contributed by atoms with Crippen LogP contribution in [0.4, 0.5) is 0 Å². The Balaban J connectivity index is 1.97. The van der Waals surface area contributed by atoms with Crippen molar-refractivity contribution in [3.8, 4) is 0 Å². The van der Waals surface area contributed by atoms with E-state index >= 15 is 0 Å². The molecule has 0 heterocycles. The van der Waals surface area contributed by atoms with E-state index in [-0.39, 0.29) is 6.04 Å². The van der Waals surface area contributed by atoms with Gasteiger partial charge in [0.25, 0.3) is 0 Å². The Bertz CT molecular complexity index is 511. The van der Waals surface area contributed by atoms with Gasteiger partial charge in [-0.05, 0) is 49.5 Å². The van der Waals surface area contributed by atoms with E-state index in [4.69, 9.17) is 0 Å². The summed E-state index contributed by atoms with van der Waals surface area (Å²) in [7, 11) is -3.34. The first-order valence-corrected chi connectivity index (χ1v) is 8.33. The van der Waals surface area contributed by atoms with Crippen molar-refractivity contribution in [1.82, 2.24) is 10.0 Å². The van der Waals surface area contributed by atoms with Gasteiger partial charge in [-0.15, -0.1) is 0 Å². The standard InChI is InChI=1S/C14H22N2O2S/c1-3-15-9-8-12-4-6-13(7-5-12)19(17,18)16-14-10-11(14)2/h4-7,11,14-16H,3,8-10H2,1-2H3. The predicted molar refractivity (Wildman–Crippen MR) is 76.6 cm³/mol. The van der Waals surface area contributed by atoms with E-state index < -0.39 is 10.0 Å². The highest BCUT2D eigenvalue weighted by atomic mass is 32.2. The van der Waals surface area contributed by atoms with E-state index in [1.807, 2.05) is 12.1 Å². The van der Waals surface area contributed by atoms with Gasteiger partial charge in [0.2, 0.25) is 10.0 Å². The third-order valence-electron chi connectivity index (χ3n) is 3.49. The van der Waals surface area contributed by atoms with E-state index in [9.17, 15) is 8.42 Å². The summed E-state index contributed by atoms with van der Waals surface area (Å²) >= 11 is 0. The highest BCUT2D eigenvalue weighted by molar-refractivity contribution is 7.89. The maximum Gasteiger partial charge on any atom is 0.240 e. The van der Waals surface area contributed by atoms with Gasteiger partial charge in [0.05, 0.1) is 4.90 Å². The molecule has 2 N–H and O–H groups in total. The maximum atomic E-state index is 12.1. The molecule has 19 heavy (non-hydrogen) atoms. The second-order valence-corrected chi connectivity index (χ2v) is 6.90. The molecule has 4 nitrogen and oxygen atoms in total. The largest absolute Gasteiger partial charge is 0.317 e. The summed E-state index contributed by atoms with van der Waals surface area (Å²) in [5, 5.41) is 3.25. The molecule has 1 aromatic carbocycles. The molecule has 0 aliphatic heterocycles. The number of hydrogen-bond donors (Lipinski definition) is 2. The van der Waals surface area contributed by atoms with Crippen LogP contribution in [0.3, 0.4) is 0 Å². The monoisotopic (exact) mass is 282 g/mol. The van der Waals surface area contributed by atoms with Gasteiger partial charge < -0.3 is 5.32 Å². The Kier molecular flexibility index (Phi) is 4.60. The molecule has 5 heteroatoms. The quantitative estimate of drug-likeness (QED) is 0.746. The zero-order valence-electron chi connectivity index (χ0n) is 11.5. The number of rotatable bonds is 7. The molecule has 2 unspecified atom stereocenters. The van der Waals surface area contributed by atoms with Crippen LogP contribution in [-0.4, -0.2) is 27.5 Å². The highest BCUT2D eigenvalue weighted by Crippen LogP contribution is 2.30. The molecule has 0 saturated heterocycles. The summed E-state index contributed by atoms with van der Waals surface area (Å²) in [6.07, 6.45) is 1.86. The lowest BCUT2D eigenvalue weighted by Crippen LogP contribution is -2.26. The molecule has 1 aromatic rings. The molecule has 1 aliphatic carbocycles. The Morgan fingerprint density at radius 1 is 1.26 bits per heavy atom. The van der Waals surface area contributed by atoms with Crippen LogP contribution in [-0.2, 0) is 16.4 Å². The molecule has 2 atom stereocenters. The van der Waals surface area contributed by atoms with Crippen molar-refractivity contribution in [1.29, 1.82) is 0 Å². The summed E-state index contributed by atoms with van der Waals surface area (Å²) in [5.74, 6) is 0.467. The Labute approximate surface area is 115 Å². The molecule has 2 rings (SSSR count). The fraction of sp³-hybridized carbons (Fsp3) is 0.571. The molecular formula is C14H22N2O2S. The van der Waals surface area contributed by atoms with Crippen LogP contribution in [0.1, 0.15) is 25.8 Å². The predicted octanol–water partition coefficient (Wildman–Crippen LogP) is 1.53. The molecule has 1 saturated carbocycles. The average molecular weight is 282 g/mol. The lowest BCUT2D eigenvalue weighted by atomic mass is 10.1. The number of likely N-dealkylation sites (N-methyl/N-ethyl adjacent to an activating group) is 1. The van der Waals surface area contributed by atoms with Gasteiger partial charge in [-0.2, -0.15) is 0 Å². The van der Waals surface area contributed by atoms with Gasteiger partial charge >= 0.3 is 0 Å². The zero-order valence-corrected chi connectivity index (χ0v) is 12.3. The van der Waals surface area contributed by atoms with Gasteiger partial charge in [-0.3, -0.25) is 0 Å². The van der Waals surface area contributed by atoms with Gasteiger partial charge in [0, 0.05) is 6.04 Å². The molecule has 0 bridgehead atoms. The Hall–Kier alpha value is -0.910. The van der Waals surface area contributed by atoms with E-state index in [0.717, 1.165) is 31.5 Å². The molecular weight excluding hydrogens is 260 g/mol. The lowest BCUT2D eigenvalue weighted by Gasteiger charge is -2.07. The fourth-order valence-corrected chi connectivity index (χ4v) is 3.36. The fourth-order valence-electron chi connectivity index (χ4n) is 2.00. The van der Waals surface area contributed by atoms with Crippen LogP contribution >= 0.6 is 0 Å². The van der Waals surface area contributed by atoms with Gasteiger partial charge in [0.15, 0.2) is 0 Å². The second-order valence-electron chi connectivity index (χ2n) is 5.19. The number of sulfonamides is 1. The van der Waals surface area contributed by atoms with E-state index in [0.29, 0.717) is 10.8 Å². The van der Waals surface area contributed by atoms with Gasteiger partial charge in [0.1, 0.15) is 0 Å². The molecule has 106 valence electrons. The van der Waals surface area contributed by atoms with Crippen molar-refractivity contribution in [2.45, 2.75) is 37.6 Å². The van der Waals surface area contributed by atoms with Crippen LogP contribution in [0.2, 0.25) is 0 Å². The van der Waals surface area contributed by atoms with Crippen molar-refractivity contribution in [3.05, 3.63) is 29.8 Å². The first-order valence-electron chi connectivity index (χ1n) is 6.85. The molecule has 1 fully saturated rings. The summed E-state index contributed by atoms with van der Waals surface area (Å²) in [6, 6.07) is 7.29. The topological polar surface area (TPSA) is 58.2 Å². The Morgan fingerprint density at radius 3 is 2.42 bits per heavy atom. The lowest BCUT2D eigenvalue weighted by molar-refractivity contribution is 0.578. The molecule has 0 aromatic heterocycles. The number of benzene rings is 1. The number of nitrogens with one attached hydrogen (secondary N) is 2. The van der Waals surface area contributed by atoms with Crippen LogP contribution in [0.15, 0.2) is 29.2 Å². The van der Waals surface area contributed by atoms with E-state index in [2.05, 4.69) is 23.9 Å². The summed E-state index contributed by atoms with van der Waals surface area (Å²) in [6.45, 7) is 5.99. The van der Waals surface area contributed by atoms with Crippen LogP contribution in [0, 0.1) is 5.92 Å². The third-order valence-corrected chi connectivity index (χ3v) is 5.00. The first kappa shape index (κ1) is 14.5. The van der Waals surface area contributed by atoms with Crippen LogP contribution in [0.5, 0.6) is 0 Å². The van der Waals surface area contributed by atoms with E-state index in [1.165, 1.54) is 0 Å². The van der Waals surface area contributed by atoms with Gasteiger partial charge in [-0.25, -0.2) is 13.1 Å². The second kappa shape index (κ2) is 6.03. The molecule has 0 radical (unpaired) electrons. The van der Waals surface area contributed by atoms with E-state index in [1.54, 1.807) is 12.1 Å². The van der Waals surface area contributed by atoms with Crippen molar-refractivity contribution < 1.29 is 8.42 Å². The summed E-state index contributed by atoms with van der Waals surface area (Å²) < 4.78 is 26.9. The maximum absolute atomic E-state index is 12.1. The summed E-state index contributed by atoms with van der Waals surface area (Å²) in [4.78, 5) is 0.360. The van der Waals surface area contributed by atoms with Crippen molar-refractivity contribution in [2.24, 2.45) is 5.92 Å². The SMILES string of the molecule is CCNCCc1ccc(S(=O)(=O)NC2CC2C)cc1. The number of hydrogen-bond acceptors (Lipinski definition) is 3. The normalized spacial score (nSPS) is 22.4. The minimum absolute atomic E-state index is 0.124. The minimum Gasteiger partial charge on any atom is -0.317 e.